The Labute approximate surface area is 224 Å². The molecule has 4 aromatic rings. The highest BCUT2D eigenvalue weighted by Gasteiger charge is 2.37. The third-order valence-electron chi connectivity index (χ3n) is 6.21. The number of hydrogen-bond acceptors (Lipinski definition) is 4. The summed E-state index contributed by atoms with van der Waals surface area (Å²) in [5, 5.41) is 14.2. The molecule has 40 heavy (non-hydrogen) atoms. The Morgan fingerprint density at radius 2 is 1.35 bits per heavy atom. The Kier molecular flexibility index (Phi) is 7.77. The van der Waals surface area contributed by atoms with Crippen LogP contribution in [0.3, 0.4) is 0 Å². The number of benzene rings is 4. The zero-order chi connectivity index (χ0) is 29.2. The predicted octanol–water partition coefficient (Wildman–Crippen LogP) is 6.76. The number of halogens is 6. The maximum Gasteiger partial charge on any atom is 0.416 e. The largest absolute Gasteiger partial charge is 0.507 e. The number of ether oxygens (including phenoxy) is 1. The fourth-order valence-corrected chi connectivity index (χ4v) is 4.17. The van der Waals surface area contributed by atoms with Crippen molar-refractivity contribution < 1.29 is 45.8 Å². The van der Waals surface area contributed by atoms with Gasteiger partial charge in [0.1, 0.15) is 11.8 Å². The summed E-state index contributed by atoms with van der Waals surface area (Å²) in [5.74, 6) is -1.85. The molecule has 0 bridgehead atoms. The van der Waals surface area contributed by atoms with Gasteiger partial charge >= 0.3 is 18.3 Å². The van der Waals surface area contributed by atoms with E-state index in [1.165, 1.54) is 36.4 Å². The van der Waals surface area contributed by atoms with Crippen molar-refractivity contribution in [2.75, 3.05) is 7.11 Å². The molecule has 0 radical (unpaired) electrons. The predicted molar refractivity (Wildman–Crippen MR) is 134 cm³/mol. The quantitative estimate of drug-likeness (QED) is 0.201. The number of phenolic OH excluding ortho intramolecular Hbond substituents is 1. The van der Waals surface area contributed by atoms with Gasteiger partial charge in [-0.3, -0.25) is 4.79 Å². The number of carbonyl (C=O) groups is 2. The lowest BCUT2D eigenvalue weighted by Gasteiger charge is -2.18. The molecular weight excluding hydrogens is 540 g/mol. The summed E-state index contributed by atoms with van der Waals surface area (Å²) in [4.78, 5) is 25.4. The van der Waals surface area contributed by atoms with E-state index in [2.05, 4.69) is 5.32 Å². The molecule has 0 aliphatic heterocycles. The van der Waals surface area contributed by atoms with Crippen LogP contribution in [0.4, 0.5) is 26.3 Å². The number of hydrogen-bond donors (Lipinski definition) is 2. The van der Waals surface area contributed by atoms with E-state index in [1.807, 2.05) is 0 Å². The minimum atomic E-state index is -4.98. The number of alkyl halides is 6. The molecule has 4 rings (SSSR count). The second-order valence-corrected chi connectivity index (χ2v) is 8.96. The van der Waals surface area contributed by atoms with Crippen LogP contribution >= 0.6 is 0 Å². The molecule has 2 N–H and O–H groups in total. The van der Waals surface area contributed by atoms with Gasteiger partial charge in [0, 0.05) is 6.42 Å². The maximum atomic E-state index is 13.2. The highest BCUT2D eigenvalue weighted by molar-refractivity contribution is 6.02. The molecule has 0 aliphatic carbocycles. The number of amides is 1. The van der Waals surface area contributed by atoms with Crippen molar-refractivity contribution in [2.24, 2.45) is 0 Å². The maximum absolute atomic E-state index is 13.2. The number of methoxy groups -OCH3 is 1. The SMILES string of the molecule is COC(=O)C(Cc1ccc(-c2cc(C(F)(F)F)cc(C(F)(F)F)c2)cc1)NC(=O)c1cc2ccccc2cc1O. The van der Waals surface area contributed by atoms with Crippen LogP contribution in [0.25, 0.3) is 21.9 Å². The molecule has 1 atom stereocenters. The Bertz CT molecular complexity index is 1530. The summed E-state index contributed by atoms with van der Waals surface area (Å²) in [6.45, 7) is 0. The average Bonchev–Trinajstić information content (AvgIpc) is 2.91. The van der Waals surface area contributed by atoms with Crippen molar-refractivity contribution in [1.29, 1.82) is 0 Å². The lowest BCUT2D eigenvalue weighted by molar-refractivity contribution is -0.144. The van der Waals surface area contributed by atoms with Crippen molar-refractivity contribution in [3.63, 3.8) is 0 Å². The van der Waals surface area contributed by atoms with E-state index >= 15 is 0 Å². The third kappa shape index (κ3) is 6.36. The Hall–Kier alpha value is -4.54. The fraction of sp³-hybridized carbons (Fsp3) is 0.172. The molecule has 0 aromatic heterocycles. The number of carbonyl (C=O) groups excluding carboxylic acids is 2. The summed E-state index contributed by atoms with van der Waals surface area (Å²) in [7, 11) is 1.12. The summed E-state index contributed by atoms with van der Waals surface area (Å²) in [5.41, 5.74) is -2.73. The van der Waals surface area contributed by atoms with Crippen LogP contribution in [0, 0.1) is 0 Å². The molecule has 1 amide bonds. The third-order valence-corrected chi connectivity index (χ3v) is 6.21. The molecule has 0 saturated heterocycles. The van der Waals surface area contributed by atoms with Crippen LogP contribution in [0.15, 0.2) is 78.9 Å². The number of phenols is 1. The van der Waals surface area contributed by atoms with E-state index in [1.54, 1.807) is 24.3 Å². The van der Waals surface area contributed by atoms with Crippen molar-refractivity contribution in [1.82, 2.24) is 5.32 Å². The van der Waals surface area contributed by atoms with Gasteiger partial charge in [-0.15, -0.1) is 0 Å². The summed E-state index contributed by atoms with van der Waals surface area (Å²) < 4.78 is 84.2. The second-order valence-electron chi connectivity index (χ2n) is 8.96. The molecule has 208 valence electrons. The van der Waals surface area contributed by atoms with E-state index in [9.17, 15) is 41.0 Å². The summed E-state index contributed by atoms with van der Waals surface area (Å²) >= 11 is 0. The molecule has 0 aliphatic rings. The first-order valence-electron chi connectivity index (χ1n) is 11.8. The van der Waals surface area contributed by atoms with Gasteiger partial charge in [-0.05, 0) is 57.8 Å². The molecule has 4 aromatic carbocycles. The molecule has 0 spiro atoms. The van der Waals surface area contributed by atoms with Gasteiger partial charge in [0.05, 0.1) is 23.8 Å². The Morgan fingerprint density at radius 3 is 1.88 bits per heavy atom. The van der Waals surface area contributed by atoms with E-state index in [-0.39, 0.29) is 34.9 Å². The topological polar surface area (TPSA) is 75.6 Å². The van der Waals surface area contributed by atoms with Crippen molar-refractivity contribution in [3.05, 3.63) is 101 Å². The van der Waals surface area contributed by atoms with Gasteiger partial charge in [0.15, 0.2) is 0 Å². The highest BCUT2D eigenvalue weighted by Crippen LogP contribution is 2.38. The molecule has 0 saturated carbocycles. The monoisotopic (exact) mass is 561 g/mol. The normalized spacial score (nSPS) is 12.7. The number of esters is 1. The van der Waals surface area contributed by atoms with Gasteiger partial charge in [0.2, 0.25) is 0 Å². The smallest absolute Gasteiger partial charge is 0.416 e. The van der Waals surface area contributed by atoms with Crippen molar-refractivity contribution in [3.8, 4) is 16.9 Å². The van der Waals surface area contributed by atoms with Gasteiger partial charge < -0.3 is 15.2 Å². The van der Waals surface area contributed by atoms with E-state index < -0.39 is 41.4 Å². The Morgan fingerprint density at radius 1 is 0.800 bits per heavy atom. The highest BCUT2D eigenvalue weighted by atomic mass is 19.4. The van der Waals surface area contributed by atoms with E-state index in [4.69, 9.17) is 4.74 Å². The number of fused-ring (bicyclic) bond motifs is 1. The molecule has 0 heterocycles. The first kappa shape index (κ1) is 28.5. The van der Waals surface area contributed by atoms with Crippen LogP contribution in [0.5, 0.6) is 5.75 Å². The number of nitrogens with one attached hydrogen (secondary N) is 1. The van der Waals surface area contributed by atoms with E-state index in [0.717, 1.165) is 7.11 Å². The average molecular weight is 561 g/mol. The van der Waals surface area contributed by atoms with Gasteiger partial charge in [-0.2, -0.15) is 26.3 Å². The minimum absolute atomic E-state index is 0.0504. The van der Waals surface area contributed by atoms with Crippen LogP contribution in [-0.4, -0.2) is 30.1 Å². The Balaban J connectivity index is 1.58. The zero-order valence-electron chi connectivity index (χ0n) is 20.7. The second kappa shape index (κ2) is 10.9. The lowest BCUT2D eigenvalue weighted by atomic mass is 9.97. The summed E-state index contributed by atoms with van der Waals surface area (Å²) in [6, 6.07) is 15.4. The molecule has 1 unspecified atom stereocenters. The lowest BCUT2D eigenvalue weighted by Crippen LogP contribution is -2.43. The minimum Gasteiger partial charge on any atom is -0.507 e. The van der Waals surface area contributed by atoms with Crippen molar-refractivity contribution >= 4 is 22.6 Å². The van der Waals surface area contributed by atoms with Crippen molar-refractivity contribution in [2.45, 2.75) is 24.8 Å². The van der Waals surface area contributed by atoms with Gasteiger partial charge in [-0.25, -0.2) is 4.79 Å². The standard InChI is InChI=1S/C29H21F6NO4/c1-40-27(39)24(36-26(38)23-13-18-4-2-3-5-19(18)14-25(23)37)10-16-6-8-17(9-7-16)20-11-21(28(30,31)32)15-22(12-20)29(33,34)35/h2-9,11-15,24,37H,10H2,1H3,(H,36,38). The molecular formula is C29H21F6NO4. The summed E-state index contributed by atoms with van der Waals surface area (Å²) in [6.07, 6.45) is -10.1. The first-order chi connectivity index (χ1) is 18.8. The molecule has 5 nitrogen and oxygen atoms in total. The van der Waals surface area contributed by atoms with Gasteiger partial charge in [0.25, 0.3) is 5.91 Å². The van der Waals surface area contributed by atoms with E-state index in [0.29, 0.717) is 28.5 Å². The zero-order valence-corrected chi connectivity index (χ0v) is 20.7. The number of aromatic hydroxyl groups is 1. The first-order valence-corrected chi connectivity index (χ1v) is 11.8. The van der Waals surface area contributed by atoms with Crippen LogP contribution in [-0.2, 0) is 28.3 Å². The molecule has 0 fully saturated rings. The van der Waals surface area contributed by atoms with Gasteiger partial charge in [-0.1, -0.05) is 48.5 Å². The van der Waals surface area contributed by atoms with Crippen LogP contribution in [0.1, 0.15) is 27.0 Å². The number of rotatable bonds is 6. The van der Waals surface area contributed by atoms with Crippen LogP contribution < -0.4 is 5.32 Å². The fourth-order valence-electron chi connectivity index (χ4n) is 4.17. The molecule has 11 heteroatoms. The van der Waals surface area contributed by atoms with Crippen LogP contribution in [0.2, 0.25) is 0 Å².